The van der Waals surface area contributed by atoms with Crippen LogP contribution < -0.4 is 11.3 Å². The fourth-order valence-corrected chi connectivity index (χ4v) is 2.50. The average molecular weight is 313 g/mol. The molecule has 0 radical (unpaired) electrons. The number of hydrogen-bond acceptors (Lipinski definition) is 2. The lowest BCUT2D eigenvalue weighted by atomic mass is 9.99. The van der Waals surface area contributed by atoms with Gasteiger partial charge in [-0.25, -0.2) is 4.39 Å². The van der Waals surface area contributed by atoms with Gasteiger partial charge in [0.15, 0.2) is 0 Å². The van der Waals surface area contributed by atoms with Crippen molar-refractivity contribution in [2.45, 2.75) is 18.9 Å². The summed E-state index contributed by atoms with van der Waals surface area (Å²) in [5.41, 5.74) is 4.21. The third kappa shape index (κ3) is 3.70. The minimum atomic E-state index is -0.395. The highest BCUT2D eigenvalue weighted by atomic mass is 35.5. The minimum absolute atomic E-state index is 0.121. The second kappa shape index (κ2) is 7.04. The third-order valence-corrected chi connectivity index (χ3v) is 3.82. The summed E-state index contributed by atoms with van der Waals surface area (Å²) in [7, 11) is 0. The number of rotatable bonds is 5. The molecule has 3 N–H and O–H groups in total. The summed E-state index contributed by atoms with van der Waals surface area (Å²) in [6.07, 6.45) is 1.05. The van der Waals surface area contributed by atoms with Crippen LogP contribution in [0, 0.1) is 5.82 Å². The van der Waals surface area contributed by atoms with E-state index in [1.165, 1.54) is 6.07 Å². The molecule has 1 atom stereocenters. The molecule has 0 bridgehead atoms. The molecule has 106 valence electrons. The zero-order valence-corrected chi connectivity index (χ0v) is 12.3. The molecule has 0 aliphatic carbocycles. The van der Waals surface area contributed by atoms with Crippen LogP contribution in [-0.2, 0) is 12.8 Å². The van der Waals surface area contributed by atoms with E-state index in [2.05, 4.69) is 5.43 Å². The van der Waals surface area contributed by atoms with Crippen LogP contribution in [0.25, 0.3) is 0 Å². The van der Waals surface area contributed by atoms with Gasteiger partial charge in [-0.1, -0.05) is 53.5 Å². The second-order valence-electron chi connectivity index (χ2n) is 4.58. The number of nitrogens with two attached hydrogens (primary N) is 1. The van der Waals surface area contributed by atoms with E-state index in [0.717, 1.165) is 5.56 Å². The maximum Gasteiger partial charge on any atom is 0.145 e. The van der Waals surface area contributed by atoms with Crippen LogP contribution in [0.3, 0.4) is 0 Å². The molecule has 0 saturated heterocycles. The van der Waals surface area contributed by atoms with Gasteiger partial charge in [0.1, 0.15) is 5.82 Å². The van der Waals surface area contributed by atoms with E-state index in [0.29, 0.717) is 23.4 Å². The lowest BCUT2D eigenvalue weighted by Gasteiger charge is -2.17. The summed E-state index contributed by atoms with van der Waals surface area (Å²) in [6, 6.07) is 12.4. The van der Waals surface area contributed by atoms with E-state index in [4.69, 9.17) is 29.0 Å². The number of hydrazine groups is 1. The first-order valence-electron chi connectivity index (χ1n) is 6.24. The Bertz CT molecular complexity index is 590. The summed E-state index contributed by atoms with van der Waals surface area (Å²) in [4.78, 5) is 0. The van der Waals surface area contributed by atoms with Crippen LogP contribution in [0.5, 0.6) is 0 Å². The van der Waals surface area contributed by atoms with Gasteiger partial charge in [0.25, 0.3) is 0 Å². The van der Waals surface area contributed by atoms with E-state index in [1.807, 2.05) is 24.3 Å². The van der Waals surface area contributed by atoms with Crippen molar-refractivity contribution in [3.05, 3.63) is 69.5 Å². The standard InChI is InChI=1S/C15H15Cl2FN2/c16-13-6-2-1-4-10(13)8-12(20-19)9-11-5-3-7-14(17)15(11)18/h1-7,12,20H,8-9,19H2. The van der Waals surface area contributed by atoms with Crippen molar-refractivity contribution >= 4 is 23.2 Å². The molecule has 0 aromatic heterocycles. The quantitative estimate of drug-likeness (QED) is 0.652. The molecule has 2 nitrogen and oxygen atoms in total. The molecule has 2 aromatic carbocycles. The smallest absolute Gasteiger partial charge is 0.145 e. The first-order chi connectivity index (χ1) is 9.61. The predicted octanol–water partition coefficient (Wildman–Crippen LogP) is 3.75. The zero-order valence-electron chi connectivity index (χ0n) is 10.7. The fourth-order valence-electron chi connectivity index (χ4n) is 2.09. The van der Waals surface area contributed by atoms with E-state index in [1.54, 1.807) is 12.1 Å². The van der Waals surface area contributed by atoms with Crippen molar-refractivity contribution in [2.75, 3.05) is 0 Å². The molecular formula is C15H15Cl2FN2. The van der Waals surface area contributed by atoms with E-state index in [9.17, 15) is 4.39 Å². The van der Waals surface area contributed by atoms with Crippen LogP contribution in [0.15, 0.2) is 42.5 Å². The topological polar surface area (TPSA) is 38.0 Å². The summed E-state index contributed by atoms with van der Waals surface area (Å²) < 4.78 is 13.9. The average Bonchev–Trinajstić information content (AvgIpc) is 2.45. The Morgan fingerprint density at radius 3 is 2.25 bits per heavy atom. The van der Waals surface area contributed by atoms with Crippen molar-refractivity contribution in [2.24, 2.45) is 5.84 Å². The van der Waals surface area contributed by atoms with Crippen molar-refractivity contribution in [1.82, 2.24) is 5.43 Å². The van der Waals surface area contributed by atoms with Crippen LogP contribution in [0.2, 0.25) is 10.0 Å². The van der Waals surface area contributed by atoms with Gasteiger partial charge >= 0.3 is 0 Å². The Balaban J connectivity index is 2.14. The summed E-state index contributed by atoms with van der Waals surface area (Å²) in [6.45, 7) is 0. The molecule has 5 heteroatoms. The molecule has 0 spiro atoms. The van der Waals surface area contributed by atoms with Crippen molar-refractivity contribution in [3.8, 4) is 0 Å². The van der Waals surface area contributed by atoms with Crippen molar-refractivity contribution in [3.63, 3.8) is 0 Å². The number of nitrogens with one attached hydrogen (secondary N) is 1. The van der Waals surface area contributed by atoms with Gasteiger partial charge in [0.05, 0.1) is 5.02 Å². The molecule has 0 amide bonds. The van der Waals surface area contributed by atoms with Gasteiger partial charge in [0, 0.05) is 11.1 Å². The SMILES string of the molecule is NNC(Cc1ccccc1Cl)Cc1cccc(Cl)c1F. The highest BCUT2D eigenvalue weighted by Gasteiger charge is 2.14. The number of benzene rings is 2. The first-order valence-corrected chi connectivity index (χ1v) is 7.00. The van der Waals surface area contributed by atoms with Gasteiger partial charge in [-0.15, -0.1) is 0 Å². The molecule has 0 heterocycles. The maximum atomic E-state index is 13.9. The molecule has 1 unspecified atom stereocenters. The normalized spacial score (nSPS) is 12.4. The lowest BCUT2D eigenvalue weighted by molar-refractivity contribution is 0.506. The molecule has 0 aliphatic heterocycles. The van der Waals surface area contributed by atoms with Gasteiger partial charge < -0.3 is 0 Å². The van der Waals surface area contributed by atoms with E-state index >= 15 is 0 Å². The Morgan fingerprint density at radius 1 is 0.950 bits per heavy atom. The van der Waals surface area contributed by atoms with Crippen LogP contribution >= 0.6 is 23.2 Å². The summed E-state index contributed by atoms with van der Waals surface area (Å²) in [5.74, 6) is 5.16. The highest BCUT2D eigenvalue weighted by molar-refractivity contribution is 6.31. The molecule has 2 aromatic rings. The Hall–Kier alpha value is -1.13. The highest BCUT2D eigenvalue weighted by Crippen LogP contribution is 2.21. The largest absolute Gasteiger partial charge is 0.271 e. The van der Waals surface area contributed by atoms with Gasteiger partial charge in [-0.3, -0.25) is 11.3 Å². The third-order valence-electron chi connectivity index (χ3n) is 3.16. The Kier molecular flexibility index (Phi) is 5.38. The molecule has 2 rings (SSSR count). The minimum Gasteiger partial charge on any atom is -0.271 e. The van der Waals surface area contributed by atoms with Gasteiger partial charge in [-0.2, -0.15) is 0 Å². The molecular weight excluding hydrogens is 298 g/mol. The molecule has 0 fully saturated rings. The van der Waals surface area contributed by atoms with Gasteiger partial charge in [0.2, 0.25) is 0 Å². The zero-order chi connectivity index (χ0) is 14.5. The summed E-state index contributed by atoms with van der Waals surface area (Å²) in [5, 5.41) is 0.801. The fraction of sp³-hybridized carbons (Fsp3) is 0.200. The predicted molar refractivity (Wildman–Crippen MR) is 81.4 cm³/mol. The van der Waals surface area contributed by atoms with E-state index in [-0.39, 0.29) is 11.1 Å². The molecule has 0 aliphatic rings. The monoisotopic (exact) mass is 312 g/mol. The molecule has 0 saturated carbocycles. The summed E-state index contributed by atoms with van der Waals surface area (Å²) >= 11 is 11.9. The van der Waals surface area contributed by atoms with Crippen LogP contribution in [0.1, 0.15) is 11.1 Å². The van der Waals surface area contributed by atoms with Crippen molar-refractivity contribution < 1.29 is 4.39 Å². The van der Waals surface area contributed by atoms with Crippen LogP contribution in [-0.4, -0.2) is 6.04 Å². The van der Waals surface area contributed by atoms with Crippen molar-refractivity contribution in [1.29, 1.82) is 0 Å². The Morgan fingerprint density at radius 2 is 1.55 bits per heavy atom. The molecule has 20 heavy (non-hydrogen) atoms. The number of halogens is 3. The number of hydrogen-bond donors (Lipinski definition) is 2. The van der Waals surface area contributed by atoms with Crippen LogP contribution in [0.4, 0.5) is 4.39 Å². The van der Waals surface area contributed by atoms with E-state index < -0.39 is 5.82 Å². The lowest BCUT2D eigenvalue weighted by Crippen LogP contribution is -2.38. The first kappa shape index (κ1) is 15.3. The second-order valence-corrected chi connectivity index (χ2v) is 5.39. The maximum absolute atomic E-state index is 13.9. The van der Waals surface area contributed by atoms with Gasteiger partial charge in [-0.05, 0) is 36.1 Å². The Labute approximate surface area is 127 Å².